The fraction of sp³-hybridized carbons (Fsp3) is 0.625. The minimum atomic E-state index is -1.04. The van der Waals surface area contributed by atoms with E-state index in [1.54, 1.807) is 13.8 Å². The van der Waals surface area contributed by atoms with Gasteiger partial charge in [-0.1, -0.05) is 30.3 Å². The molecule has 3 rings (SSSR count). The lowest BCUT2D eigenvalue weighted by Crippen LogP contribution is -2.44. The zero-order valence-electron chi connectivity index (χ0n) is 12.7. The van der Waals surface area contributed by atoms with Crippen molar-refractivity contribution in [2.24, 2.45) is 0 Å². The maximum absolute atomic E-state index is 9.94. The first-order chi connectivity index (χ1) is 10.5. The highest BCUT2D eigenvalue weighted by atomic mass is 16.8. The lowest BCUT2D eigenvalue weighted by Gasteiger charge is -2.28. The summed E-state index contributed by atoms with van der Waals surface area (Å²) in [7, 11) is 0. The zero-order valence-corrected chi connectivity index (χ0v) is 12.7. The predicted molar refractivity (Wildman–Crippen MR) is 76.8 cm³/mol. The lowest BCUT2D eigenvalue weighted by molar-refractivity contribution is -0.232. The third-order valence-corrected chi connectivity index (χ3v) is 3.88. The highest BCUT2D eigenvalue weighted by Gasteiger charge is 2.56. The summed E-state index contributed by atoms with van der Waals surface area (Å²) < 4.78 is 23.1. The SMILES string of the molecule is CC1(C)OC2[C@H](O[C@H](C(O)CO)[C@H]2OCc2ccccc2)O1. The highest BCUT2D eigenvalue weighted by molar-refractivity contribution is 5.13. The van der Waals surface area contributed by atoms with Crippen LogP contribution < -0.4 is 0 Å². The van der Waals surface area contributed by atoms with Crippen molar-refractivity contribution in [1.82, 2.24) is 0 Å². The molecule has 22 heavy (non-hydrogen) atoms. The second-order valence-electron chi connectivity index (χ2n) is 6.08. The van der Waals surface area contributed by atoms with Crippen LogP contribution in [0, 0.1) is 0 Å². The van der Waals surface area contributed by atoms with Crippen molar-refractivity contribution in [2.75, 3.05) is 6.61 Å². The molecule has 1 aromatic carbocycles. The van der Waals surface area contributed by atoms with Crippen molar-refractivity contribution >= 4 is 0 Å². The van der Waals surface area contributed by atoms with Crippen LogP contribution in [-0.2, 0) is 25.6 Å². The first-order valence-electron chi connectivity index (χ1n) is 7.46. The van der Waals surface area contributed by atoms with Crippen LogP contribution in [0.3, 0.4) is 0 Å². The molecular formula is C16H22O6. The van der Waals surface area contributed by atoms with E-state index in [1.807, 2.05) is 30.3 Å². The maximum atomic E-state index is 9.94. The number of fused-ring (bicyclic) bond motifs is 1. The molecule has 2 unspecified atom stereocenters. The van der Waals surface area contributed by atoms with Crippen LogP contribution in [0.4, 0.5) is 0 Å². The van der Waals surface area contributed by atoms with Gasteiger partial charge in [0.15, 0.2) is 12.1 Å². The van der Waals surface area contributed by atoms with Gasteiger partial charge in [-0.3, -0.25) is 0 Å². The maximum Gasteiger partial charge on any atom is 0.190 e. The molecule has 2 aliphatic heterocycles. The molecule has 122 valence electrons. The van der Waals surface area contributed by atoms with Gasteiger partial charge in [0.1, 0.15) is 24.4 Å². The Kier molecular flexibility index (Phi) is 4.49. The standard InChI is InChI=1S/C16H22O6/c1-16(2)21-14-13(19-9-10-6-4-3-5-7-10)12(11(18)8-17)20-15(14)22-16/h3-7,11-15,17-18H,8-9H2,1-2H3/t11?,12-,13-,14?,15-/m1/s1. The molecule has 2 saturated heterocycles. The molecule has 0 aliphatic carbocycles. The van der Waals surface area contributed by atoms with Crippen LogP contribution in [0.1, 0.15) is 19.4 Å². The third kappa shape index (κ3) is 3.17. The summed E-state index contributed by atoms with van der Waals surface area (Å²) in [6, 6.07) is 9.73. The van der Waals surface area contributed by atoms with Crippen molar-refractivity contribution in [3.63, 3.8) is 0 Å². The van der Waals surface area contributed by atoms with Crippen LogP contribution in [0.15, 0.2) is 30.3 Å². The minimum absolute atomic E-state index is 0.372. The molecule has 2 aliphatic rings. The van der Waals surface area contributed by atoms with Gasteiger partial charge in [-0.15, -0.1) is 0 Å². The number of aliphatic hydroxyl groups excluding tert-OH is 2. The van der Waals surface area contributed by atoms with Crippen LogP contribution in [-0.4, -0.2) is 53.3 Å². The van der Waals surface area contributed by atoms with Gasteiger partial charge in [0.25, 0.3) is 0 Å². The van der Waals surface area contributed by atoms with E-state index < -0.39 is 43.1 Å². The van der Waals surface area contributed by atoms with Crippen LogP contribution >= 0.6 is 0 Å². The molecule has 6 nitrogen and oxygen atoms in total. The molecule has 2 heterocycles. The van der Waals surface area contributed by atoms with Gasteiger partial charge in [0.2, 0.25) is 0 Å². The summed E-state index contributed by atoms with van der Waals surface area (Å²) in [6.45, 7) is 3.58. The normalized spacial score (nSPS) is 34.5. The number of aliphatic hydroxyl groups is 2. The summed E-state index contributed by atoms with van der Waals surface area (Å²) >= 11 is 0. The molecule has 2 N–H and O–H groups in total. The minimum Gasteiger partial charge on any atom is -0.394 e. The Bertz CT molecular complexity index is 491. The second-order valence-corrected chi connectivity index (χ2v) is 6.08. The largest absolute Gasteiger partial charge is 0.394 e. The third-order valence-electron chi connectivity index (χ3n) is 3.88. The fourth-order valence-electron chi connectivity index (χ4n) is 2.87. The molecule has 0 saturated carbocycles. The number of hydrogen-bond donors (Lipinski definition) is 2. The molecule has 0 spiro atoms. The first kappa shape index (κ1) is 15.9. The number of ether oxygens (including phenoxy) is 4. The smallest absolute Gasteiger partial charge is 0.190 e. The van der Waals surface area contributed by atoms with Gasteiger partial charge < -0.3 is 29.2 Å². The zero-order chi connectivity index (χ0) is 15.7. The van der Waals surface area contributed by atoms with Crippen LogP contribution in [0.25, 0.3) is 0 Å². The second kappa shape index (κ2) is 6.23. The van der Waals surface area contributed by atoms with Gasteiger partial charge in [-0.25, -0.2) is 0 Å². The highest BCUT2D eigenvalue weighted by Crippen LogP contribution is 2.39. The molecule has 0 radical (unpaired) electrons. The first-order valence-corrected chi connectivity index (χ1v) is 7.46. The van der Waals surface area contributed by atoms with Gasteiger partial charge in [-0.2, -0.15) is 0 Å². The summed E-state index contributed by atoms with van der Waals surface area (Å²) in [5.74, 6) is -0.751. The fourth-order valence-corrected chi connectivity index (χ4v) is 2.87. The lowest BCUT2D eigenvalue weighted by atomic mass is 10.1. The Labute approximate surface area is 129 Å². The van der Waals surface area contributed by atoms with Gasteiger partial charge in [0.05, 0.1) is 13.2 Å². The Morgan fingerprint density at radius 1 is 1.23 bits per heavy atom. The Balaban J connectivity index is 1.71. The molecule has 0 amide bonds. The average molecular weight is 310 g/mol. The summed E-state index contributed by atoms with van der Waals surface area (Å²) in [6.07, 6.45) is -3.25. The number of benzene rings is 1. The van der Waals surface area contributed by atoms with Gasteiger partial charge >= 0.3 is 0 Å². The van der Waals surface area contributed by atoms with E-state index in [0.717, 1.165) is 5.56 Å². The molecule has 2 fully saturated rings. The van der Waals surface area contributed by atoms with E-state index in [1.165, 1.54) is 0 Å². The molecular weight excluding hydrogens is 288 g/mol. The van der Waals surface area contributed by atoms with E-state index in [4.69, 9.17) is 18.9 Å². The molecule has 5 atom stereocenters. The summed E-state index contributed by atoms with van der Waals surface area (Å²) in [5, 5.41) is 19.1. The predicted octanol–water partition coefficient (Wildman–Crippen LogP) is 0.801. The summed E-state index contributed by atoms with van der Waals surface area (Å²) in [4.78, 5) is 0. The molecule has 6 heteroatoms. The Morgan fingerprint density at radius 3 is 2.64 bits per heavy atom. The van der Waals surface area contributed by atoms with E-state index in [0.29, 0.717) is 6.61 Å². The van der Waals surface area contributed by atoms with E-state index >= 15 is 0 Å². The summed E-state index contributed by atoms with van der Waals surface area (Å²) in [5.41, 5.74) is 1.02. The van der Waals surface area contributed by atoms with Crippen molar-refractivity contribution in [1.29, 1.82) is 0 Å². The molecule has 0 aromatic heterocycles. The van der Waals surface area contributed by atoms with Crippen LogP contribution in [0.2, 0.25) is 0 Å². The quantitative estimate of drug-likeness (QED) is 0.838. The Hall–Kier alpha value is -1.02. The van der Waals surface area contributed by atoms with Crippen molar-refractivity contribution in [3.8, 4) is 0 Å². The average Bonchev–Trinajstić information content (AvgIpc) is 2.97. The van der Waals surface area contributed by atoms with Gasteiger partial charge in [-0.05, 0) is 19.4 Å². The Morgan fingerprint density at radius 2 is 1.95 bits per heavy atom. The molecule has 1 aromatic rings. The number of rotatable bonds is 5. The van der Waals surface area contributed by atoms with E-state index in [9.17, 15) is 10.2 Å². The molecule has 0 bridgehead atoms. The van der Waals surface area contributed by atoms with Crippen molar-refractivity contribution in [2.45, 2.75) is 56.9 Å². The van der Waals surface area contributed by atoms with E-state index in [-0.39, 0.29) is 0 Å². The van der Waals surface area contributed by atoms with Crippen molar-refractivity contribution < 1.29 is 29.2 Å². The van der Waals surface area contributed by atoms with E-state index in [2.05, 4.69) is 0 Å². The van der Waals surface area contributed by atoms with Crippen LogP contribution in [0.5, 0.6) is 0 Å². The monoisotopic (exact) mass is 310 g/mol. The van der Waals surface area contributed by atoms with Gasteiger partial charge in [0, 0.05) is 0 Å². The number of hydrogen-bond acceptors (Lipinski definition) is 6. The topological polar surface area (TPSA) is 77.4 Å². The van der Waals surface area contributed by atoms with Crippen molar-refractivity contribution in [3.05, 3.63) is 35.9 Å².